The molecule has 1 aliphatic rings. The van der Waals surface area contributed by atoms with Gasteiger partial charge in [0.25, 0.3) is 0 Å². The molecule has 1 N–H and O–H groups in total. The van der Waals surface area contributed by atoms with E-state index in [2.05, 4.69) is 9.83 Å². The lowest BCUT2D eigenvalue weighted by molar-refractivity contribution is 0.0968. The molecule has 0 saturated heterocycles. The van der Waals surface area contributed by atoms with E-state index in [4.69, 9.17) is 6.57 Å². The molecule has 1 heterocycles. The van der Waals surface area contributed by atoms with Gasteiger partial charge in [0.15, 0.2) is 11.5 Å². The van der Waals surface area contributed by atoms with E-state index in [1.54, 1.807) is 6.07 Å². The average molecular weight is 210 g/mol. The number of nitrogens with zero attached hydrogens (tertiary/aromatic N) is 1. The number of ketones is 1. The molecule has 0 unspecified atom stereocenters. The molecule has 0 saturated carbocycles. The molecule has 16 heavy (non-hydrogen) atoms. The first kappa shape index (κ1) is 9.17. The van der Waals surface area contributed by atoms with Crippen molar-refractivity contribution in [3.63, 3.8) is 0 Å². The van der Waals surface area contributed by atoms with Crippen molar-refractivity contribution >= 4 is 22.4 Å². The van der Waals surface area contributed by atoms with Crippen LogP contribution in [0.1, 0.15) is 28.9 Å². The fraction of sp³-hybridized carbons (Fsp3) is 0.231. The van der Waals surface area contributed by atoms with Crippen LogP contribution in [0.15, 0.2) is 18.2 Å². The van der Waals surface area contributed by atoms with Gasteiger partial charge in [0.2, 0.25) is 0 Å². The number of benzene rings is 1. The van der Waals surface area contributed by atoms with Crippen molar-refractivity contribution in [1.82, 2.24) is 4.98 Å². The maximum atomic E-state index is 11.7. The number of rotatable bonds is 0. The Balaban J connectivity index is 2.34. The zero-order chi connectivity index (χ0) is 11.1. The van der Waals surface area contributed by atoms with Crippen LogP contribution in [-0.4, -0.2) is 10.8 Å². The molecule has 1 aromatic carbocycles. The fourth-order valence-corrected chi connectivity index (χ4v) is 2.35. The van der Waals surface area contributed by atoms with Gasteiger partial charge in [-0.3, -0.25) is 4.79 Å². The van der Waals surface area contributed by atoms with Crippen LogP contribution < -0.4 is 0 Å². The van der Waals surface area contributed by atoms with Crippen molar-refractivity contribution in [2.75, 3.05) is 0 Å². The predicted molar refractivity (Wildman–Crippen MR) is 61.8 cm³/mol. The first-order chi connectivity index (χ1) is 7.79. The van der Waals surface area contributed by atoms with Crippen LogP contribution in [0, 0.1) is 6.57 Å². The summed E-state index contributed by atoms with van der Waals surface area (Å²) in [7, 11) is 0. The second-order valence-corrected chi connectivity index (χ2v) is 4.10. The summed E-state index contributed by atoms with van der Waals surface area (Å²) in [5.41, 5.74) is 3.44. The van der Waals surface area contributed by atoms with Crippen LogP contribution in [0.4, 0.5) is 5.69 Å². The molecular weight excluding hydrogens is 200 g/mol. The zero-order valence-corrected chi connectivity index (χ0v) is 8.71. The third kappa shape index (κ3) is 1.17. The minimum atomic E-state index is 0.196. The molecule has 1 aliphatic carbocycles. The van der Waals surface area contributed by atoms with E-state index in [1.807, 2.05) is 12.1 Å². The average Bonchev–Trinajstić information content (AvgIpc) is 2.68. The lowest BCUT2D eigenvalue weighted by Gasteiger charge is -2.09. The van der Waals surface area contributed by atoms with Gasteiger partial charge in [0.05, 0.1) is 12.3 Å². The van der Waals surface area contributed by atoms with Crippen LogP contribution in [0.3, 0.4) is 0 Å². The molecule has 0 atom stereocenters. The first-order valence-corrected chi connectivity index (χ1v) is 5.35. The van der Waals surface area contributed by atoms with Gasteiger partial charge in [0.1, 0.15) is 0 Å². The van der Waals surface area contributed by atoms with Crippen molar-refractivity contribution in [2.24, 2.45) is 0 Å². The molecule has 0 fully saturated rings. The Hall–Kier alpha value is -2.08. The Morgan fingerprint density at radius 3 is 3.00 bits per heavy atom. The molecule has 78 valence electrons. The highest BCUT2D eigenvalue weighted by molar-refractivity contribution is 6.03. The maximum Gasteiger partial charge on any atom is 0.187 e. The minimum Gasteiger partial charge on any atom is -0.352 e. The summed E-state index contributed by atoms with van der Waals surface area (Å²) < 4.78 is 0. The summed E-state index contributed by atoms with van der Waals surface area (Å²) >= 11 is 0. The van der Waals surface area contributed by atoms with Crippen molar-refractivity contribution in [2.45, 2.75) is 19.3 Å². The number of aryl methyl sites for hydroxylation is 1. The highest BCUT2D eigenvalue weighted by Crippen LogP contribution is 2.31. The second kappa shape index (κ2) is 3.21. The Bertz CT molecular complexity index is 631. The molecule has 0 radical (unpaired) electrons. The van der Waals surface area contributed by atoms with Crippen LogP contribution in [-0.2, 0) is 6.42 Å². The highest BCUT2D eigenvalue weighted by Gasteiger charge is 2.21. The highest BCUT2D eigenvalue weighted by atomic mass is 16.1. The van der Waals surface area contributed by atoms with E-state index < -0.39 is 0 Å². The summed E-state index contributed by atoms with van der Waals surface area (Å²) in [6, 6.07) is 5.53. The van der Waals surface area contributed by atoms with E-state index >= 15 is 0 Å². The van der Waals surface area contributed by atoms with Gasteiger partial charge in [0, 0.05) is 11.9 Å². The molecule has 3 heteroatoms. The van der Waals surface area contributed by atoms with Gasteiger partial charge in [-0.1, -0.05) is 6.07 Å². The number of H-pyrrole nitrogens is 1. The van der Waals surface area contributed by atoms with Gasteiger partial charge >= 0.3 is 0 Å². The van der Waals surface area contributed by atoms with Crippen LogP contribution >= 0.6 is 0 Å². The number of aromatic nitrogens is 1. The number of hydrogen-bond donors (Lipinski definition) is 1. The summed E-state index contributed by atoms with van der Waals surface area (Å²) in [6.07, 6.45) is 2.49. The molecule has 2 aromatic rings. The SMILES string of the molecule is [C-]#[N+]c1ccc2[nH]c3c(c2c1)CCCC3=O. The van der Waals surface area contributed by atoms with Gasteiger partial charge < -0.3 is 4.98 Å². The summed E-state index contributed by atoms with van der Waals surface area (Å²) in [4.78, 5) is 18.3. The number of fused-ring (bicyclic) bond motifs is 3. The number of Topliss-reactive ketones (excluding diaryl/α,β-unsaturated/α-hetero) is 1. The van der Waals surface area contributed by atoms with Gasteiger partial charge in [-0.05, 0) is 35.9 Å². The minimum absolute atomic E-state index is 0.196. The smallest absolute Gasteiger partial charge is 0.187 e. The van der Waals surface area contributed by atoms with Gasteiger partial charge in [-0.2, -0.15) is 0 Å². The fourth-order valence-electron chi connectivity index (χ4n) is 2.35. The number of carbonyl (C=O) groups excluding carboxylic acids is 1. The molecule has 1 aromatic heterocycles. The third-order valence-electron chi connectivity index (χ3n) is 3.13. The van der Waals surface area contributed by atoms with E-state index in [1.165, 1.54) is 0 Å². The van der Waals surface area contributed by atoms with E-state index in [-0.39, 0.29) is 5.78 Å². The molecular formula is C13H10N2O. The van der Waals surface area contributed by atoms with Crippen LogP contribution in [0.5, 0.6) is 0 Å². The van der Waals surface area contributed by atoms with Crippen molar-refractivity contribution in [1.29, 1.82) is 0 Å². The van der Waals surface area contributed by atoms with Crippen LogP contribution in [0.25, 0.3) is 15.7 Å². The quantitative estimate of drug-likeness (QED) is 0.666. The second-order valence-electron chi connectivity index (χ2n) is 4.10. The summed E-state index contributed by atoms with van der Waals surface area (Å²) in [5.74, 6) is 0.196. The Morgan fingerprint density at radius 1 is 1.31 bits per heavy atom. The van der Waals surface area contributed by atoms with E-state index in [9.17, 15) is 4.79 Å². The zero-order valence-electron chi connectivity index (χ0n) is 8.71. The van der Waals surface area contributed by atoms with E-state index in [0.29, 0.717) is 12.1 Å². The standard InChI is InChI=1S/C13H10N2O/c1-14-8-5-6-11-10(7-8)9-3-2-4-12(16)13(9)15-11/h5-7,15H,2-4H2. The Morgan fingerprint density at radius 2 is 2.19 bits per heavy atom. The summed E-state index contributed by atoms with van der Waals surface area (Å²) in [6.45, 7) is 7.00. The monoisotopic (exact) mass is 210 g/mol. The van der Waals surface area contributed by atoms with Crippen molar-refractivity contribution in [3.8, 4) is 0 Å². The summed E-state index contributed by atoms with van der Waals surface area (Å²) in [5, 5.41) is 1.04. The number of carbonyl (C=O) groups is 1. The topological polar surface area (TPSA) is 37.2 Å². The molecule has 3 rings (SSSR count). The molecule has 3 nitrogen and oxygen atoms in total. The lowest BCUT2D eigenvalue weighted by Crippen LogP contribution is -2.09. The normalized spacial score (nSPS) is 14.8. The Kier molecular flexibility index (Phi) is 1.84. The molecule has 0 amide bonds. The van der Waals surface area contributed by atoms with Crippen LogP contribution in [0.2, 0.25) is 0 Å². The maximum absolute atomic E-state index is 11.7. The first-order valence-electron chi connectivity index (χ1n) is 5.35. The van der Waals surface area contributed by atoms with Gasteiger partial charge in [-0.15, -0.1) is 0 Å². The molecule has 0 aliphatic heterocycles. The predicted octanol–water partition coefficient (Wildman–Crippen LogP) is 3.24. The molecule has 0 spiro atoms. The van der Waals surface area contributed by atoms with Gasteiger partial charge in [-0.25, -0.2) is 4.85 Å². The van der Waals surface area contributed by atoms with E-state index in [0.717, 1.165) is 35.0 Å². The Labute approximate surface area is 92.9 Å². The number of aromatic amines is 1. The lowest BCUT2D eigenvalue weighted by atomic mass is 9.94. The largest absolute Gasteiger partial charge is 0.352 e. The number of nitrogens with one attached hydrogen (secondary N) is 1. The van der Waals surface area contributed by atoms with Crippen molar-refractivity contribution < 1.29 is 4.79 Å². The third-order valence-corrected chi connectivity index (χ3v) is 3.13. The molecule has 0 bridgehead atoms. The number of hydrogen-bond acceptors (Lipinski definition) is 1. The van der Waals surface area contributed by atoms with Crippen molar-refractivity contribution in [3.05, 3.63) is 40.9 Å².